The molecule has 1 aromatic heterocycles. The van der Waals surface area contributed by atoms with Gasteiger partial charge in [-0.1, -0.05) is 12.2 Å². The monoisotopic (exact) mass is 246 g/mol. The van der Waals surface area contributed by atoms with Gasteiger partial charge in [0.2, 0.25) is 11.8 Å². The van der Waals surface area contributed by atoms with E-state index in [1.54, 1.807) is 12.3 Å². The van der Waals surface area contributed by atoms with E-state index in [0.717, 1.165) is 19.3 Å². The number of nitrogens with one attached hydrogen (secondary N) is 1. The number of carbonyl (C=O) groups is 1. The zero-order valence-electron chi connectivity index (χ0n) is 10.6. The molecule has 0 bridgehead atoms. The predicted molar refractivity (Wildman–Crippen MR) is 70.5 cm³/mol. The lowest BCUT2D eigenvalue weighted by Gasteiger charge is -2.18. The predicted octanol–water partition coefficient (Wildman–Crippen LogP) is 2.78. The lowest BCUT2D eigenvalue weighted by molar-refractivity contribution is -0.120. The van der Waals surface area contributed by atoms with Crippen LogP contribution in [0.1, 0.15) is 26.2 Å². The normalized spacial score (nSPS) is 18.4. The smallest absolute Gasteiger partial charge is 0.237 e. The number of ether oxygens (including phenoxy) is 1. The molecule has 1 aliphatic rings. The molecule has 4 heteroatoms. The minimum atomic E-state index is 0.0494. The fraction of sp³-hybridized carbons (Fsp3) is 0.429. The molecule has 0 aromatic carbocycles. The summed E-state index contributed by atoms with van der Waals surface area (Å²) in [4.78, 5) is 16.2. The lowest BCUT2D eigenvalue weighted by Crippen LogP contribution is -2.24. The van der Waals surface area contributed by atoms with Gasteiger partial charge in [-0.15, -0.1) is 0 Å². The minimum Gasteiger partial charge on any atom is -0.476 e. The van der Waals surface area contributed by atoms with Gasteiger partial charge in [0.1, 0.15) is 5.69 Å². The number of anilines is 1. The van der Waals surface area contributed by atoms with Crippen LogP contribution in [-0.2, 0) is 4.79 Å². The highest BCUT2D eigenvalue weighted by molar-refractivity contribution is 5.93. The van der Waals surface area contributed by atoms with Crippen LogP contribution in [-0.4, -0.2) is 17.5 Å². The Morgan fingerprint density at radius 2 is 2.44 bits per heavy atom. The van der Waals surface area contributed by atoms with E-state index >= 15 is 0 Å². The molecule has 1 heterocycles. The van der Waals surface area contributed by atoms with Gasteiger partial charge < -0.3 is 10.1 Å². The van der Waals surface area contributed by atoms with Crippen LogP contribution < -0.4 is 10.1 Å². The Balaban J connectivity index is 2.04. The number of hydrogen-bond acceptors (Lipinski definition) is 3. The number of carbonyl (C=O) groups excluding carboxylic acids is 1. The van der Waals surface area contributed by atoms with Crippen molar-refractivity contribution < 1.29 is 9.53 Å². The number of rotatable bonds is 4. The number of aromatic nitrogens is 1. The van der Waals surface area contributed by atoms with Crippen LogP contribution >= 0.6 is 0 Å². The maximum Gasteiger partial charge on any atom is 0.237 e. The molecule has 96 valence electrons. The van der Waals surface area contributed by atoms with E-state index in [0.29, 0.717) is 18.2 Å². The van der Waals surface area contributed by atoms with E-state index < -0.39 is 0 Å². The number of amides is 1. The Bertz CT molecular complexity index is 443. The third kappa shape index (κ3) is 3.09. The van der Waals surface area contributed by atoms with Crippen LogP contribution in [0, 0.1) is 5.92 Å². The summed E-state index contributed by atoms with van der Waals surface area (Å²) in [6, 6.07) is 3.60. The Hall–Kier alpha value is -1.84. The highest BCUT2D eigenvalue weighted by atomic mass is 16.5. The van der Waals surface area contributed by atoms with Crippen LogP contribution in [0.25, 0.3) is 0 Å². The summed E-state index contributed by atoms with van der Waals surface area (Å²) < 4.78 is 5.39. The van der Waals surface area contributed by atoms with E-state index in [1.165, 1.54) is 0 Å². The summed E-state index contributed by atoms with van der Waals surface area (Å²) >= 11 is 0. The van der Waals surface area contributed by atoms with Crippen molar-refractivity contribution in [3.8, 4) is 5.88 Å². The third-order valence-electron chi connectivity index (χ3n) is 2.95. The van der Waals surface area contributed by atoms with Gasteiger partial charge in [0, 0.05) is 12.1 Å². The second kappa shape index (κ2) is 6.19. The molecule has 0 saturated heterocycles. The molecular formula is C14H18N2O2. The van der Waals surface area contributed by atoms with Crippen molar-refractivity contribution in [2.24, 2.45) is 5.92 Å². The number of nitrogens with zero attached hydrogens (tertiary/aromatic N) is 1. The van der Waals surface area contributed by atoms with Crippen molar-refractivity contribution in [3.63, 3.8) is 0 Å². The Labute approximate surface area is 107 Å². The first-order chi connectivity index (χ1) is 8.81. The summed E-state index contributed by atoms with van der Waals surface area (Å²) in [6.45, 7) is 2.43. The van der Waals surface area contributed by atoms with E-state index in [4.69, 9.17) is 4.74 Å². The number of allylic oxidation sites excluding steroid dienone is 2. The van der Waals surface area contributed by atoms with Crippen molar-refractivity contribution in [2.45, 2.75) is 26.2 Å². The summed E-state index contributed by atoms with van der Waals surface area (Å²) in [5.41, 5.74) is 0.652. The van der Waals surface area contributed by atoms with Crippen LogP contribution in [0.5, 0.6) is 5.88 Å². The largest absolute Gasteiger partial charge is 0.476 e. The fourth-order valence-corrected chi connectivity index (χ4v) is 2.00. The first-order valence-electron chi connectivity index (χ1n) is 6.35. The van der Waals surface area contributed by atoms with E-state index in [-0.39, 0.29) is 11.8 Å². The second-order valence-electron chi connectivity index (χ2n) is 4.26. The molecule has 1 atom stereocenters. The maximum atomic E-state index is 12.1. The first-order valence-corrected chi connectivity index (χ1v) is 6.35. The summed E-state index contributed by atoms with van der Waals surface area (Å²) in [7, 11) is 0. The van der Waals surface area contributed by atoms with Crippen LogP contribution in [0.2, 0.25) is 0 Å². The standard InChI is InChI=1S/C14H18N2O2/c1-2-18-14-12(9-6-10-15-14)16-13(17)11-7-4-3-5-8-11/h3-4,6,9-11H,2,5,7-8H2,1H3,(H,16,17). The number of hydrogen-bond donors (Lipinski definition) is 1. The van der Waals surface area contributed by atoms with E-state index in [2.05, 4.69) is 22.5 Å². The van der Waals surface area contributed by atoms with Crippen molar-refractivity contribution in [3.05, 3.63) is 30.5 Å². The van der Waals surface area contributed by atoms with Gasteiger partial charge in [0.15, 0.2) is 0 Å². The molecule has 0 fully saturated rings. The summed E-state index contributed by atoms with van der Waals surface area (Å²) in [5.74, 6) is 0.595. The van der Waals surface area contributed by atoms with Crippen molar-refractivity contribution in [2.75, 3.05) is 11.9 Å². The molecule has 18 heavy (non-hydrogen) atoms. The van der Waals surface area contributed by atoms with Gasteiger partial charge in [-0.25, -0.2) is 4.98 Å². The molecule has 0 saturated carbocycles. The molecule has 1 unspecified atom stereocenters. The van der Waals surface area contributed by atoms with Gasteiger partial charge in [-0.3, -0.25) is 4.79 Å². The van der Waals surface area contributed by atoms with Gasteiger partial charge in [-0.2, -0.15) is 0 Å². The zero-order valence-corrected chi connectivity index (χ0v) is 10.6. The molecule has 0 spiro atoms. The lowest BCUT2D eigenvalue weighted by atomic mass is 9.93. The molecule has 2 rings (SSSR count). The third-order valence-corrected chi connectivity index (χ3v) is 2.95. The van der Waals surface area contributed by atoms with E-state index in [9.17, 15) is 4.79 Å². The van der Waals surface area contributed by atoms with Crippen molar-refractivity contribution >= 4 is 11.6 Å². The zero-order chi connectivity index (χ0) is 12.8. The summed E-state index contributed by atoms with van der Waals surface area (Å²) in [5, 5.41) is 2.90. The molecule has 0 radical (unpaired) electrons. The first kappa shape index (κ1) is 12.6. The van der Waals surface area contributed by atoms with Gasteiger partial charge in [0.05, 0.1) is 6.61 Å². The molecule has 1 aromatic rings. The molecule has 1 aliphatic carbocycles. The quantitative estimate of drug-likeness (QED) is 0.831. The van der Waals surface area contributed by atoms with Crippen LogP contribution in [0.15, 0.2) is 30.5 Å². The van der Waals surface area contributed by atoms with E-state index in [1.807, 2.05) is 13.0 Å². The van der Waals surface area contributed by atoms with Gasteiger partial charge in [-0.05, 0) is 38.3 Å². The number of pyridine rings is 1. The average molecular weight is 246 g/mol. The van der Waals surface area contributed by atoms with Crippen LogP contribution in [0.3, 0.4) is 0 Å². The molecular weight excluding hydrogens is 228 g/mol. The van der Waals surface area contributed by atoms with Crippen molar-refractivity contribution in [1.82, 2.24) is 4.98 Å². The average Bonchev–Trinajstić information content (AvgIpc) is 2.42. The maximum absolute atomic E-state index is 12.1. The topological polar surface area (TPSA) is 51.2 Å². The second-order valence-corrected chi connectivity index (χ2v) is 4.26. The minimum absolute atomic E-state index is 0.0494. The highest BCUT2D eigenvalue weighted by Crippen LogP contribution is 2.24. The SMILES string of the molecule is CCOc1ncccc1NC(=O)C1CC=CCC1. The molecule has 4 nitrogen and oxygen atoms in total. The summed E-state index contributed by atoms with van der Waals surface area (Å²) in [6.07, 6.45) is 8.55. The highest BCUT2D eigenvalue weighted by Gasteiger charge is 2.19. The molecule has 0 aliphatic heterocycles. The Morgan fingerprint density at radius 1 is 1.56 bits per heavy atom. The van der Waals surface area contributed by atoms with Crippen molar-refractivity contribution in [1.29, 1.82) is 0 Å². The van der Waals surface area contributed by atoms with Gasteiger partial charge in [0.25, 0.3) is 0 Å². The van der Waals surface area contributed by atoms with Gasteiger partial charge >= 0.3 is 0 Å². The Morgan fingerprint density at radius 3 is 3.17 bits per heavy atom. The molecule has 1 N–H and O–H groups in total. The fourth-order valence-electron chi connectivity index (χ4n) is 2.00. The molecule has 1 amide bonds. The Kier molecular flexibility index (Phi) is 4.34. The van der Waals surface area contributed by atoms with Crippen LogP contribution in [0.4, 0.5) is 5.69 Å².